The summed E-state index contributed by atoms with van der Waals surface area (Å²) in [7, 11) is 0. The van der Waals surface area contributed by atoms with Gasteiger partial charge >= 0.3 is 0 Å². The standard InChI is InChI=1S/C22H23ClFN5OS/c1-15(21(30)25-19-10-9-16(23)13-18(19)24)31-22-27-26-20(14-28-11-5-6-12-28)29(22)17-7-3-2-4-8-17/h2-4,7-10,13,15H,5-6,11-12,14H2,1H3,(H,25,30). The second-order valence-electron chi connectivity index (χ2n) is 7.43. The van der Waals surface area contributed by atoms with E-state index in [1.54, 1.807) is 6.92 Å². The Morgan fingerprint density at radius 2 is 1.94 bits per heavy atom. The molecule has 1 N–H and O–H groups in total. The van der Waals surface area contributed by atoms with Gasteiger partial charge in [-0.25, -0.2) is 4.39 Å². The monoisotopic (exact) mass is 459 g/mol. The Balaban J connectivity index is 1.54. The van der Waals surface area contributed by atoms with Crippen molar-refractivity contribution in [3.8, 4) is 5.69 Å². The molecule has 1 saturated heterocycles. The van der Waals surface area contributed by atoms with Crippen LogP contribution in [0.1, 0.15) is 25.6 Å². The number of hydrogen-bond acceptors (Lipinski definition) is 5. The van der Waals surface area contributed by atoms with E-state index in [9.17, 15) is 9.18 Å². The molecule has 1 fully saturated rings. The highest BCUT2D eigenvalue weighted by atomic mass is 35.5. The van der Waals surface area contributed by atoms with E-state index < -0.39 is 11.1 Å². The topological polar surface area (TPSA) is 63.1 Å². The van der Waals surface area contributed by atoms with Crippen molar-refractivity contribution in [1.82, 2.24) is 19.7 Å². The van der Waals surface area contributed by atoms with Crippen molar-refractivity contribution in [2.45, 2.75) is 36.7 Å². The van der Waals surface area contributed by atoms with Crippen molar-refractivity contribution < 1.29 is 9.18 Å². The van der Waals surface area contributed by atoms with Crippen LogP contribution in [0, 0.1) is 5.82 Å². The smallest absolute Gasteiger partial charge is 0.237 e. The van der Waals surface area contributed by atoms with Crippen LogP contribution < -0.4 is 5.32 Å². The number of halogens is 2. The van der Waals surface area contributed by atoms with Gasteiger partial charge in [-0.1, -0.05) is 41.6 Å². The van der Waals surface area contributed by atoms with Crippen molar-refractivity contribution in [3.05, 3.63) is 65.2 Å². The van der Waals surface area contributed by atoms with Crippen LogP contribution in [0.25, 0.3) is 5.69 Å². The molecule has 3 aromatic rings. The molecule has 0 saturated carbocycles. The van der Waals surface area contributed by atoms with Crippen LogP contribution in [0.4, 0.5) is 10.1 Å². The van der Waals surface area contributed by atoms with Crippen molar-refractivity contribution in [2.24, 2.45) is 0 Å². The van der Waals surface area contributed by atoms with Gasteiger partial charge in [-0.2, -0.15) is 0 Å². The molecule has 0 spiro atoms. The Morgan fingerprint density at radius 3 is 2.65 bits per heavy atom. The van der Waals surface area contributed by atoms with Crippen molar-refractivity contribution in [3.63, 3.8) is 0 Å². The molecule has 4 rings (SSSR count). The highest BCUT2D eigenvalue weighted by Crippen LogP contribution is 2.28. The summed E-state index contributed by atoms with van der Waals surface area (Å²) in [6, 6.07) is 14.0. The molecule has 9 heteroatoms. The predicted molar refractivity (Wildman–Crippen MR) is 121 cm³/mol. The van der Waals surface area contributed by atoms with Crippen LogP contribution in [0.5, 0.6) is 0 Å². The van der Waals surface area contributed by atoms with Gasteiger partial charge in [0.2, 0.25) is 5.91 Å². The van der Waals surface area contributed by atoms with E-state index in [0.717, 1.165) is 24.6 Å². The number of aromatic nitrogens is 3. The predicted octanol–water partition coefficient (Wildman–Crippen LogP) is 4.77. The van der Waals surface area contributed by atoms with Crippen LogP contribution in [-0.4, -0.2) is 43.9 Å². The first-order chi connectivity index (χ1) is 15.0. The molecule has 31 heavy (non-hydrogen) atoms. The van der Waals surface area contributed by atoms with Gasteiger partial charge in [-0.05, 0) is 63.2 Å². The molecular formula is C22H23ClFN5OS. The lowest BCUT2D eigenvalue weighted by molar-refractivity contribution is -0.115. The normalized spacial score (nSPS) is 15.2. The zero-order chi connectivity index (χ0) is 21.8. The fraction of sp³-hybridized carbons (Fsp3) is 0.318. The van der Waals surface area contributed by atoms with Gasteiger partial charge in [0.15, 0.2) is 11.0 Å². The number of amides is 1. The van der Waals surface area contributed by atoms with Crippen molar-refractivity contribution in [2.75, 3.05) is 18.4 Å². The molecule has 0 aliphatic carbocycles. The summed E-state index contributed by atoms with van der Waals surface area (Å²) in [5.74, 6) is -0.0553. The number of nitrogens with one attached hydrogen (secondary N) is 1. The van der Waals surface area contributed by atoms with Gasteiger partial charge in [0, 0.05) is 10.7 Å². The molecule has 2 aromatic carbocycles. The summed E-state index contributed by atoms with van der Waals surface area (Å²) in [5.41, 5.74) is 1.04. The Labute approximate surface area is 189 Å². The minimum absolute atomic E-state index is 0.0982. The van der Waals surface area contributed by atoms with Crippen LogP contribution in [0.2, 0.25) is 5.02 Å². The van der Waals surface area contributed by atoms with Crippen molar-refractivity contribution in [1.29, 1.82) is 0 Å². The maximum absolute atomic E-state index is 14.0. The van der Waals surface area contributed by atoms with Crippen LogP contribution in [0.3, 0.4) is 0 Å². The molecule has 1 aromatic heterocycles. The van der Waals surface area contributed by atoms with E-state index in [1.165, 1.54) is 42.8 Å². The summed E-state index contributed by atoms with van der Waals surface area (Å²) in [6.45, 7) is 4.57. The molecule has 1 aliphatic heterocycles. The lowest BCUT2D eigenvalue weighted by Crippen LogP contribution is -2.24. The van der Waals surface area contributed by atoms with Gasteiger partial charge in [-0.3, -0.25) is 14.3 Å². The van der Waals surface area contributed by atoms with Gasteiger partial charge in [0.05, 0.1) is 17.5 Å². The highest BCUT2D eigenvalue weighted by Gasteiger charge is 2.23. The van der Waals surface area contributed by atoms with Crippen LogP contribution in [0.15, 0.2) is 53.7 Å². The average molecular weight is 460 g/mol. The molecule has 1 aliphatic rings. The lowest BCUT2D eigenvalue weighted by Gasteiger charge is -2.17. The Bertz CT molecular complexity index is 1060. The summed E-state index contributed by atoms with van der Waals surface area (Å²) in [6.07, 6.45) is 2.39. The largest absolute Gasteiger partial charge is 0.323 e. The van der Waals surface area contributed by atoms with Gasteiger partial charge in [0.25, 0.3) is 0 Å². The fourth-order valence-electron chi connectivity index (χ4n) is 3.49. The Kier molecular flexibility index (Phi) is 6.89. The highest BCUT2D eigenvalue weighted by molar-refractivity contribution is 8.00. The molecule has 2 heterocycles. The van der Waals surface area contributed by atoms with E-state index in [2.05, 4.69) is 20.4 Å². The van der Waals surface area contributed by atoms with Crippen LogP contribution >= 0.6 is 23.4 Å². The quantitative estimate of drug-likeness (QED) is 0.515. The number of thioether (sulfide) groups is 1. The number of likely N-dealkylation sites (tertiary alicyclic amines) is 1. The number of nitrogens with zero attached hydrogens (tertiary/aromatic N) is 4. The molecule has 0 bridgehead atoms. The summed E-state index contributed by atoms with van der Waals surface area (Å²) < 4.78 is 16.0. The molecule has 1 amide bonds. The third-order valence-corrected chi connectivity index (χ3v) is 6.40. The first kappa shape index (κ1) is 21.8. The van der Waals surface area contributed by atoms with Crippen LogP contribution in [-0.2, 0) is 11.3 Å². The van der Waals surface area contributed by atoms with E-state index in [0.29, 0.717) is 11.7 Å². The van der Waals surface area contributed by atoms with Gasteiger partial charge in [0.1, 0.15) is 5.82 Å². The molecular weight excluding hydrogens is 437 g/mol. The summed E-state index contributed by atoms with van der Waals surface area (Å²) in [4.78, 5) is 15.0. The third-order valence-electron chi connectivity index (χ3n) is 5.12. The maximum atomic E-state index is 14.0. The number of para-hydroxylation sites is 1. The maximum Gasteiger partial charge on any atom is 0.237 e. The number of rotatable bonds is 7. The Morgan fingerprint density at radius 1 is 1.19 bits per heavy atom. The fourth-order valence-corrected chi connectivity index (χ4v) is 4.54. The van der Waals surface area contributed by atoms with E-state index in [1.807, 2.05) is 34.9 Å². The van der Waals surface area contributed by atoms with Gasteiger partial charge < -0.3 is 5.32 Å². The second kappa shape index (κ2) is 9.80. The number of hydrogen-bond donors (Lipinski definition) is 1. The lowest BCUT2D eigenvalue weighted by atomic mass is 10.3. The first-order valence-electron chi connectivity index (χ1n) is 10.2. The van der Waals surface area contributed by atoms with Crippen molar-refractivity contribution >= 4 is 35.0 Å². The number of anilines is 1. The minimum Gasteiger partial charge on any atom is -0.323 e. The van der Waals surface area contributed by atoms with Gasteiger partial charge in [-0.15, -0.1) is 10.2 Å². The molecule has 1 unspecified atom stereocenters. The molecule has 6 nitrogen and oxygen atoms in total. The van der Waals surface area contributed by atoms with E-state index in [-0.39, 0.29) is 16.6 Å². The second-order valence-corrected chi connectivity index (χ2v) is 9.17. The number of benzene rings is 2. The number of carbonyl (C=O) groups excluding carboxylic acids is 1. The summed E-state index contributed by atoms with van der Waals surface area (Å²) in [5, 5.41) is 11.8. The average Bonchev–Trinajstić information content (AvgIpc) is 3.41. The zero-order valence-corrected chi connectivity index (χ0v) is 18.7. The zero-order valence-electron chi connectivity index (χ0n) is 17.1. The molecule has 162 valence electrons. The van der Waals surface area contributed by atoms with E-state index >= 15 is 0 Å². The van der Waals surface area contributed by atoms with E-state index in [4.69, 9.17) is 11.6 Å². The SMILES string of the molecule is CC(Sc1nnc(CN2CCCC2)n1-c1ccccc1)C(=O)Nc1ccc(Cl)cc1F. The molecule has 1 atom stereocenters. The summed E-state index contributed by atoms with van der Waals surface area (Å²) >= 11 is 7.07. The number of carbonyl (C=O) groups is 1. The molecule has 0 radical (unpaired) electrons. The third kappa shape index (κ3) is 5.26. The minimum atomic E-state index is -0.571. The first-order valence-corrected chi connectivity index (χ1v) is 11.4. The Hall–Kier alpha value is -2.42.